The number of nitrogens with two attached hydrogens (primary N) is 1. The molecule has 5 nitrogen and oxygen atoms in total. The highest BCUT2D eigenvalue weighted by atomic mass is 32.1. The molecule has 0 spiro atoms. The molecule has 1 aromatic carbocycles. The number of nitrogen functional groups attached to an aromatic ring is 1. The number of carbonyl (C=O) groups is 1. The Morgan fingerprint density at radius 3 is 2.60 bits per heavy atom. The first kappa shape index (κ1) is 14.5. The van der Waals surface area contributed by atoms with Gasteiger partial charge in [0.1, 0.15) is 4.88 Å². The average molecular weight is 290 g/mol. The molecule has 0 bridgehead atoms. The zero-order valence-electron chi connectivity index (χ0n) is 11.8. The van der Waals surface area contributed by atoms with Gasteiger partial charge in [0.2, 0.25) is 0 Å². The van der Waals surface area contributed by atoms with Crippen LogP contribution in [0.15, 0.2) is 24.3 Å². The van der Waals surface area contributed by atoms with Crippen molar-refractivity contribution in [2.24, 2.45) is 0 Å². The molecule has 20 heavy (non-hydrogen) atoms. The number of hydrogen-bond donors (Lipinski definition) is 1. The topological polar surface area (TPSA) is 72.1 Å². The van der Waals surface area contributed by atoms with Crippen LogP contribution in [0.5, 0.6) is 0 Å². The Balaban J connectivity index is 2.12. The lowest BCUT2D eigenvalue weighted by atomic mass is 10.1. The molecule has 0 aliphatic rings. The molecule has 1 aromatic heterocycles. The van der Waals surface area contributed by atoms with E-state index in [2.05, 4.69) is 9.59 Å². The van der Waals surface area contributed by atoms with E-state index in [4.69, 9.17) is 5.73 Å². The smallest absolute Gasteiger partial charge is 0.267 e. The SMILES string of the molecule is CC(C)c1nnsc1C(=O)N(C)Cc1ccc(N)cc1. The van der Waals surface area contributed by atoms with Crippen LogP contribution in [0, 0.1) is 0 Å². The van der Waals surface area contributed by atoms with Crippen LogP contribution in [0.4, 0.5) is 5.69 Å². The second kappa shape index (κ2) is 6.00. The summed E-state index contributed by atoms with van der Waals surface area (Å²) in [5.41, 5.74) is 8.18. The van der Waals surface area contributed by atoms with Crippen molar-refractivity contribution in [1.29, 1.82) is 0 Å². The van der Waals surface area contributed by atoms with Crippen molar-refractivity contribution >= 4 is 23.1 Å². The van der Waals surface area contributed by atoms with E-state index in [0.717, 1.165) is 28.5 Å². The lowest BCUT2D eigenvalue weighted by molar-refractivity contribution is 0.0788. The molecule has 6 heteroatoms. The second-order valence-electron chi connectivity index (χ2n) is 5.04. The molecule has 1 amide bonds. The number of anilines is 1. The summed E-state index contributed by atoms with van der Waals surface area (Å²) in [4.78, 5) is 14.7. The number of rotatable bonds is 4. The van der Waals surface area contributed by atoms with Crippen molar-refractivity contribution in [3.8, 4) is 0 Å². The van der Waals surface area contributed by atoms with E-state index in [1.165, 1.54) is 0 Å². The van der Waals surface area contributed by atoms with Crippen molar-refractivity contribution < 1.29 is 4.79 Å². The van der Waals surface area contributed by atoms with Crippen molar-refractivity contribution in [2.45, 2.75) is 26.3 Å². The van der Waals surface area contributed by atoms with Crippen LogP contribution in [0.3, 0.4) is 0 Å². The normalized spacial score (nSPS) is 10.8. The summed E-state index contributed by atoms with van der Waals surface area (Å²) < 4.78 is 3.89. The Kier molecular flexibility index (Phi) is 4.34. The van der Waals surface area contributed by atoms with Crippen LogP contribution >= 0.6 is 11.5 Å². The summed E-state index contributed by atoms with van der Waals surface area (Å²) in [7, 11) is 1.78. The van der Waals surface area contributed by atoms with Gasteiger partial charge < -0.3 is 10.6 Å². The third kappa shape index (κ3) is 3.14. The summed E-state index contributed by atoms with van der Waals surface area (Å²) in [6.07, 6.45) is 0. The molecule has 0 aliphatic carbocycles. The van der Waals surface area contributed by atoms with Gasteiger partial charge in [-0.05, 0) is 35.1 Å². The highest BCUT2D eigenvalue weighted by Crippen LogP contribution is 2.21. The van der Waals surface area contributed by atoms with Crippen molar-refractivity contribution in [2.75, 3.05) is 12.8 Å². The number of benzene rings is 1. The predicted molar refractivity (Wildman–Crippen MR) is 80.6 cm³/mol. The maximum atomic E-state index is 12.4. The summed E-state index contributed by atoms with van der Waals surface area (Å²) >= 11 is 1.16. The zero-order chi connectivity index (χ0) is 14.7. The number of carbonyl (C=O) groups excluding carboxylic acids is 1. The third-order valence-electron chi connectivity index (χ3n) is 3.00. The molecule has 2 N–H and O–H groups in total. The Morgan fingerprint density at radius 2 is 2.00 bits per heavy atom. The summed E-state index contributed by atoms with van der Waals surface area (Å²) in [6.45, 7) is 4.55. The standard InChI is InChI=1S/C14H18N4OS/c1-9(2)12-13(20-17-16-12)14(19)18(3)8-10-4-6-11(15)7-5-10/h4-7,9H,8,15H2,1-3H3. The molecular weight excluding hydrogens is 272 g/mol. The number of aromatic nitrogens is 2. The number of amides is 1. The molecule has 0 saturated heterocycles. The van der Waals surface area contributed by atoms with Gasteiger partial charge in [0.05, 0.1) is 5.69 Å². The van der Waals surface area contributed by atoms with E-state index >= 15 is 0 Å². The Morgan fingerprint density at radius 1 is 1.35 bits per heavy atom. The number of nitrogens with zero attached hydrogens (tertiary/aromatic N) is 3. The highest BCUT2D eigenvalue weighted by molar-refractivity contribution is 7.08. The minimum absolute atomic E-state index is 0.0412. The van der Waals surface area contributed by atoms with Crippen LogP contribution in [-0.2, 0) is 6.54 Å². The quantitative estimate of drug-likeness (QED) is 0.878. The molecule has 0 aliphatic heterocycles. The van der Waals surface area contributed by atoms with Gasteiger partial charge in [-0.3, -0.25) is 4.79 Å². The van der Waals surface area contributed by atoms with Crippen LogP contribution in [-0.4, -0.2) is 27.4 Å². The van der Waals surface area contributed by atoms with Crippen molar-refractivity contribution in [1.82, 2.24) is 14.5 Å². The molecule has 0 fully saturated rings. The first-order valence-electron chi connectivity index (χ1n) is 6.41. The molecule has 106 valence electrons. The lowest BCUT2D eigenvalue weighted by Gasteiger charge is -2.17. The fraction of sp³-hybridized carbons (Fsp3) is 0.357. The van der Waals surface area contributed by atoms with Gasteiger partial charge in [0, 0.05) is 19.3 Å². The van der Waals surface area contributed by atoms with E-state index < -0.39 is 0 Å². The molecule has 0 saturated carbocycles. The Hall–Kier alpha value is -1.95. The third-order valence-corrected chi connectivity index (χ3v) is 3.73. The van der Waals surface area contributed by atoms with Crippen LogP contribution < -0.4 is 5.73 Å². The van der Waals surface area contributed by atoms with Crippen molar-refractivity contribution in [3.05, 3.63) is 40.4 Å². The first-order valence-corrected chi connectivity index (χ1v) is 7.18. The molecule has 1 heterocycles. The van der Waals surface area contributed by atoms with E-state index in [1.54, 1.807) is 11.9 Å². The average Bonchev–Trinajstić information content (AvgIpc) is 2.90. The summed E-state index contributed by atoms with van der Waals surface area (Å²) in [5.74, 6) is 0.151. The molecular formula is C14H18N4OS. The lowest BCUT2D eigenvalue weighted by Crippen LogP contribution is -2.26. The van der Waals surface area contributed by atoms with E-state index in [0.29, 0.717) is 11.4 Å². The largest absolute Gasteiger partial charge is 0.399 e. The maximum Gasteiger partial charge on any atom is 0.267 e. The molecule has 0 unspecified atom stereocenters. The second-order valence-corrected chi connectivity index (χ2v) is 5.80. The van der Waals surface area contributed by atoms with Gasteiger partial charge in [-0.2, -0.15) is 0 Å². The van der Waals surface area contributed by atoms with E-state index in [-0.39, 0.29) is 11.8 Å². The predicted octanol–water partition coefficient (Wildman–Crippen LogP) is 2.52. The molecule has 2 rings (SSSR count). The van der Waals surface area contributed by atoms with Crippen LogP contribution in [0.25, 0.3) is 0 Å². The van der Waals surface area contributed by atoms with Crippen LogP contribution in [0.1, 0.15) is 40.7 Å². The zero-order valence-corrected chi connectivity index (χ0v) is 12.6. The minimum atomic E-state index is -0.0412. The Labute approximate surface area is 122 Å². The summed E-state index contributed by atoms with van der Waals surface area (Å²) in [6, 6.07) is 7.52. The van der Waals surface area contributed by atoms with Crippen molar-refractivity contribution in [3.63, 3.8) is 0 Å². The number of hydrogen-bond acceptors (Lipinski definition) is 5. The first-order chi connectivity index (χ1) is 9.49. The van der Waals surface area contributed by atoms with Gasteiger partial charge in [0.25, 0.3) is 5.91 Å². The highest BCUT2D eigenvalue weighted by Gasteiger charge is 2.21. The minimum Gasteiger partial charge on any atom is -0.399 e. The van der Waals surface area contributed by atoms with Crippen LogP contribution in [0.2, 0.25) is 0 Å². The fourth-order valence-electron chi connectivity index (χ4n) is 1.87. The molecule has 2 aromatic rings. The summed E-state index contributed by atoms with van der Waals surface area (Å²) in [5, 5.41) is 4.04. The van der Waals surface area contributed by atoms with Gasteiger partial charge in [-0.25, -0.2) is 0 Å². The van der Waals surface area contributed by atoms with Gasteiger partial charge in [-0.15, -0.1) is 5.10 Å². The van der Waals surface area contributed by atoms with Gasteiger partial charge >= 0.3 is 0 Å². The molecule has 0 radical (unpaired) electrons. The van der Waals surface area contributed by atoms with Gasteiger partial charge in [-0.1, -0.05) is 30.5 Å². The van der Waals surface area contributed by atoms with Gasteiger partial charge in [0.15, 0.2) is 0 Å². The fourth-order valence-corrected chi connectivity index (χ4v) is 2.68. The van der Waals surface area contributed by atoms with E-state index in [1.807, 2.05) is 38.1 Å². The Bertz CT molecular complexity index is 591. The monoisotopic (exact) mass is 290 g/mol. The maximum absolute atomic E-state index is 12.4. The van der Waals surface area contributed by atoms with E-state index in [9.17, 15) is 4.79 Å². The molecule has 0 atom stereocenters.